The van der Waals surface area contributed by atoms with Crippen LogP contribution in [0.15, 0.2) is 24.4 Å². The molecule has 78 valence electrons. The molecule has 0 unspecified atom stereocenters. The van der Waals surface area contributed by atoms with Gasteiger partial charge in [-0.05, 0) is 18.2 Å². The van der Waals surface area contributed by atoms with E-state index in [0.29, 0.717) is 23.4 Å². The summed E-state index contributed by atoms with van der Waals surface area (Å²) in [4.78, 5) is 14.5. The van der Waals surface area contributed by atoms with Gasteiger partial charge in [0, 0.05) is 35.0 Å². The van der Waals surface area contributed by atoms with Gasteiger partial charge in [-0.2, -0.15) is 0 Å². The number of H-pyrrole nitrogens is 1. The molecule has 1 aromatic heterocycles. The molecule has 2 rings (SSSR count). The third-order valence-electron chi connectivity index (χ3n) is 2.27. The monoisotopic (exact) mass is 225 g/mol. The van der Waals surface area contributed by atoms with Gasteiger partial charge in [-0.3, -0.25) is 4.79 Å². The number of rotatable bonds is 3. The molecule has 0 radical (unpaired) electrons. The number of alkyl halides is 1. The lowest BCUT2D eigenvalue weighted by atomic mass is 10.1. The molecule has 0 aliphatic heterocycles. The minimum atomic E-state index is -0.319. The number of halogens is 2. The number of fused-ring (bicyclic) bond motifs is 1. The molecule has 1 heterocycles. The van der Waals surface area contributed by atoms with E-state index in [4.69, 9.17) is 11.6 Å². The first-order valence-corrected chi connectivity index (χ1v) is 5.11. The topological polar surface area (TPSA) is 32.9 Å². The fourth-order valence-corrected chi connectivity index (χ4v) is 1.72. The normalized spacial score (nSPS) is 10.8. The second-order valence-electron chi connectivity index (χ2n) is 3.25. The molecule has 2 nitrogen and oxygen atoms in total. The van der Waals surface area contributed by atoms with E-state index in [-0.39, 0.29) is 11.6 Å². The van der Waals surface area contributed by atoms with E-state index in [1.54, 1.807) is 12.3 Å². The molecule has 4 heteroatoms. The Kier molecular flexibility index (Phi) is 2.73. The van der Waals surface area contributed by atoms with Crippen LogP contribution in [0, 0.1) is 5.82 Å². The van der Waals surface area contributed by atoms with Crippen LogP contribution in [-0.2, 0) is 0 Å². The molecule has 15 heavy (non-hydrogen) atoms. The Hall–Kier alpha value is -1.35. The van der Waals surface area contributed by atoms with E-state index in [9.17, 15) is 9.18 Å². The zero-order valence-electron chi connectivity index (χ0n) is 7.89. The zero-order valence-corrected chi connectivity index (χ0v) is 8.64. The minimum absolute atomic E-state index is 0.0251. The van der Waals surface area contributed by atoms with Crippen molar-refractivity contribution in [3.05, 3.63) is 35.8 Å². The van der Waals surface area contributed by atoms with Crippen molar-refractivity contribution in [3.63, 3.8) is 0 Å². The van der Waals surface area contributed by atoms with Gasteiger partial charge in [0.2, 0.25) is 0 Å². The van der Waals surface area contributed by atoms with E-state index < -0.39 is 0 Å². The number of benzene rings is 1. The van der Waals surface area contributed by atoms with Gasteiger partial charge in [0.05, 0.1) is 0 Å². The van der Waals surface area contributed by atoms with Crippen molar-refractivity contribution in [3.8, 4) is 0 Å². The highest BCUT2D eigenvalue weighted by Crippen LogP contribution is 2.20. The van der Waals surface area contributed by atoms with Crippen LogP contribution in [0.2, 0.25) is 0 Å². The van der Waals surface area contributed by atoms with Gasteiger partial charge in [0.1, 0.15) is 5.82 Å². The predicted molar refractivity (Wildman–Crippen MR) is 57.9 cm³/mol. The number of aromatic amines is 1. The molecule has 0 atom stereocenters. The summed E-state index contributed by atoms with van der Waals surface area (Å²) in [6.07, 6.45) is 1.89. The smallest absolute Gasteiger partial charge is 0.166 e. The zero-order chi connectivity index (χ0) is 10.8. The van der Waals surface area contributed by atoms with E-state index in [1.807, 2.05) is 0 Å². The molecular formula is C11H9ClFNO. The second-order valence-corrected chi connectivity index (χ2v) is 3.63. The molecule has 0 saturated carbocycles. The quantitative estimate of drug-likeness (QED) is 0.632. The maximum absolute atomic E-state index is 12.9. The van der Waals surface area contributed by atoms with E-state index >= 15 is 0 Å². The summed E-state index contributed by atoms with van der Waals surface area (Å²) in [6.45, 7) is 0. The van der Waals surface area contributed by atoms with Crippen molar-refractivity contribution in [2.75, 3.05) is 5.88 Å². The maximum Gasteiger partial charge on any atom is 0.166 e. The first-order valence-electron chi connectivity index (χ1n) is 4.58. The van der Waals surface area contributed by atoms with Crippen molar-refractivity contribution in [2.24, 2.45) is 0 Å². The standard InChI is InChI=1S/C11H9ClFNO/c12-4-3-11(15)9-6-14-10-5-7(13)1-2-8(9)10/h1-2,5-6,14H,3-4H2. The molecular weight excluding hydrogens is 217 g/mol. The van der Waals surface area contributed by atoms with Crippen molar-refractivity contribution >= 4 is 28.3 Å². The lowest BCUT2D eigenvalue weighted by Gasteiger charge is -1.96. The number of hydrogen-bond donors (Lipinski definition) is 1. The lowest BCUT2D eigenvalue weighted by molar-refractivity contribution is 0.0991. The van der Waals surface area contributed by atoms with Crippen LogP contribution in [-0.4, -0.2) is 16.6 Å². The Morgan fingerprint density at radius 1 is 1.47 bits per heavy atom. The van der Waals surface area contributed by atoms with Gasteiger partial charge in [0.25, 0.3) is 0 Å². The van der Waals surface area contributed by atoms with E-state index in [2.05, 4.69) is 4.98 Å². The van der Waals surface area contributed by atoms with E-state index in [0.717, 1.165) is 5.39 Å². The van der Waals surface area contributed by atoms with Gasteiger partial charge in [0.15, 0.2) is 5.78 Å². The van der Waals surface area contributed by atoms with Gasteiger partial charge in [-0.1, -0.05) is 0 Å². The summed E-state index contributed by atoms with van der Waals surface area (Å²) >= 11 is 5.50. The number of carbonyl (C=O) groups is 1. The van der Waals surface area contributed by atoms with Gasteiger partial charge in [-0.25, -0.2) is 4.39 Å². The fourth-order valence-electron chi connectivity index (χ4n) is 1.55. The number of carbonyl (C=O) groups excluding carboxylic acids is 1. The largest absolute Gasteiger partial charge is 0.360 e. The van der Waals surface area contributed by atoms with Crippen LogP contribution in [0.1, 0.15) is 16.8 Å². The lowest BCUT2D eigenvalue weighted by Crippen LogP contribution is -1.98. The summed E-state index contributed by atoms with van der Waals surface area (Å²) in [5, 5.41) is 0.742. The summed E-state index contributed by atoms with van der Waals surface area (Å²) in [5.41, 5.74) is 1.21. The highest BCUT2D eigenvalue weighted by molar-refractivity contribution is 6.20. The maximum atomic E-state index is 12.9. The average molecular weight is 226 g/mol. The molecule has 0 amide bonds. The highest BCUT2D eigenvalue weighted by atomic mass is 35.5. The Morgan fingerprint density at radius 3 is 3.00 bits per heavy atom. The average Bonchev–Trinajstić information content (AvgIpc) is 2.60. The Morgan fingerprint density at radius 2 is 2.27 bits per heavy atom. The first kappa shape index (κ1) is 10.2. The molecule has 0 bridgehead atoms. The number of hydrogen-bond acceptors (Lipinski definition) is 1. The molecule has 2 aromatic rings. The summed E-state index contributed by atoms with van der Waals surface area (Å²) in [7, 11) is 0. The van der Waals surface area contributed by atoms with Crippen LogP contribution in [0.3, 0.4) is 0 Å². The molecule has 1 N–H and O–H groups in total. The Balaban J connectivity index is 2.49. The molecule has 0 spiro atoms. The molecule has 0 saturated heterocycles. The third-order valence-corrected chi connectivity index (χ3v) is 2.45. The van der Waals surface area contributed by atoms with Gasteiger partial charge in [-0.15, -0.1) is 11.6 Å². The van der Waals surface area contributed by atoms with Crippen LogP contribution >= 0.6 is 11.6 Å². The molecule has 0 fully saturated rings. The summed E-state index contributed by atoms with van der Waals surface area (Å²) in [5.74, 6) is -0.0456. The fraction of sp³-hybridized carbons (Fsp3) is 0.182. The van der Waals surface area contributed by atoms with Crippen molar-refractivity contribution < 1.29 is 9.18 Å². The first-order chi connectivity index (χ1) is 7.22. The van der Waals surface area contributed by atoms with Gasteiger partial charge >= 0.3 is 0 Å². The number of nitrogens with one attached hydrogen (secondary N) is 1. The number of aromatic nitrogens is 1. The van der Waals surface area contributed by atoms with Crippen molar-refractivity contribution in [1.82, 2.24) is 4.98 Å². The Bertz CT molecular complexity index is 506. The highest BCUT2D eigenvalue weighted by Gasteiger charge is 2.11. The van der Waals surface area contributed by atoms with Crippen LogP contribution < -0.4 is 0 Å². The number of ketones is 1. The SMILES string of the molecule is O=C(CCCl)c1c[nH]c2cc(F)ccc12. The number of Topliss-reactive ketones (excluding diaryl/α,β-unsaturated/α-hetero) is 1. The van der Waals surface area contributed by atoms with Crippen molar-refractivity contribution in [1.29, 1.82) is 0 Å². The summed E-state index contributed by atoms with van der Waals surface area (Å²) < 4.78 is 12.9. The van der Waals surface area contributed by atoms with Crippen LogP contribution in [0.4, 0.5) is 4.39 Å². The molecule has 0 aliphatic rings. The minimum Gasteiger partial charge on any atom is -0.360 e. The van der Waals surface area contributed by atoms with Crippen LogP contribution in [0.25, 0.3) is 10.9 Å². The third kappa shape index (κ3) is 1.88. The predicted octanol–water partition coefficient (Wildman–Crippen LogP) is 3.12. The van der Waals surface area contributed by atoms with Crippen LogP contribution in [0.5, 0.6) is 0 Å². The molecule has 0 aliphatic carbocycles. The van der Waals surface area contributed by atoms with E-state index in [1.165, 1.54) is 12.1 Å². The Labute approximate surface area is 91.0 Å². The van der Waals surface area contributed by atoms with Crippen molar-refractivity contribution in [2.45, 2.75) is 6.42 Å². The summed E-state index contributed by atoms with van der Waals surface area (Å²) in [6, 6.07) is 4.31. The van der Waals surface area contributed by atoms with Gasteiger partial charge < -0.3 is 4.98 Å². The molecule has 1 aromatic carbocycles. The second kappa shape index (κ2) is 4.03.